The summed E-state index contributed by atoms with van der Waals surface area (Å²) < 4.78 is 10.5. The van der Waals surface area contributed by atoms with Crippen molar-refractivity contribution in [3.05, 3.63) is 71.8 Å². The number of carbonyl (C=O) groups is 2. The molecule has 5 heteroatoms. The van der Waals surface area contributed by atoms with Crippen LogP contribution in [0.3, 0.4) is 0 Å². The van der Waals surface area contributed by atoms with Gasteiger partial charge in [-0.3, -0.25) is 9.59 Å². The van der Waals surface area contributed by atoms with E-state index in [1.807, 2.05) is 60.7 Å². The van der Waals surface area contributed by atoms with E-state index in [0.29, 0.717) is 0 Å². The molecule has 5 aliphatic carbocycles. The predicted molar refractivity (Wildman–Crippen MR) is 112 cm³/mol. The van der Waals surface area contributed by atoms with Crippen molar-refractivity contribution in [1.82, 2.24) is 0 Å². The van der Waals surface area contributed by atoms with Gasteiger partial charge in [-0.1, -0.05) is 60.7 Å². The first-order chi connectivity index (χ1) is 15.0. The van der Waals surface area contributed by atoms with Gasteiger partial charge in [-0.2, -0.15) is 0 Å². The first-order valence-electron chi connectivity index (χ1n) is 11.0. The highest BCUT2D eigenvalue weighted by atomic mass is 16.5. The van der Waals surface area contributed by atoms with Crippen molar-refractivity contribution in [3.63, 3.8) is 0 Å². The number of benzene rings is 2. The molecule has 2 aromatic carbocycles. The van der Waals surface area contributed by atoms with Crippen molar-refractivity contribution in [3.8, 4) is 0 Å². The first kappa shape index (κ1) is 19.1. The summed E-state index contributed by atoms with van der Waals surface area (Å²) in [6.07, 6.45) is 0.761. The summed E-state index contributed by atoms with van der Waals surface area (Å²) in [6.45, 7) is 0. The van der Waals surface area contributed by atoms with E-state index in [2.05, 4.69) is 0 Å². The Bertz CT molecular complexity index is 1050. The van der Waals surface area contributed by atoms with Crippen molar-refractivity contribution in [2.24, 2.45) is 40.9 Å². The molecule has 0 aromatic heterocycles. The lowest BCUT2D eigenvalue weighted by Crippen LogP contribution is -2.56. The molecule has 0 radical (unpaired) electrons. The van der Waals surface area contributed by atoms with Gasteiger partial charge in [0.05, 0.1) is 25.6 Å². The van der Waals surface area contributed by atoms with E-state index in [9.17, 15) is 14.7 Å². The molecular formula is C26H26O5. The first-order valence-corrected chi connectivity index (χ1v) is 11.0. The summed E-state index contributed by atoms with van der Waals surface area (Å²) in [7, 11) is 2.80. The van der Waals surface area contributed by atoms with Crippen LogP contribution >= 0.6 is 0 Å². The minimum atomic E-state index is -1.09. The van der Waals surface area contributed by atoms with Crippen LogP contribution < -0.4 is 0 Å². The second-order valence-corrected chi connectivity index (χ2v) is 9.64. The molecule has 0 amide bonds. The van der Waals surface area contributed by atoms with Gasteiger partial charge in [-0.25, -0.2) is 0 Å². The Balaban J connectivity index is 1.60. The highest BCUT2D eigenvalue weighted by Crippen LogP contribution is 2.88. The standard InChI is InChI=1S/C26H26O5/c1-30-23(27)20-16-13-17-21-18(16)22(25(17,20)24(28)31-2)19(14-9-5-3-6-10-14)26(21,29)15-11-7-4-8-12-15/h3-12,16-22,29H,13H2,1-2H3. The van der Waals surface area contributed by atoms with Gasteiger partial charge in [-0.05, 0) is 47.1 Å². The number of hydrogen-bond donors (Lipinski definition) is 1. The second-order valence-electron chi connectivity index (χ2n) is 9.64. The van der Waals surface area contributed by atoms with Crippen molar-refractivity contribution in [1.29, 1.82) is 0 Å². The summed E-state index contributed by atoms with van der Waals surface area (Å²) >= 11 is 0. The molecule has 0 aliphatic heterocycles. The molecule has 0 saturated heterocycles. The zero-order valence-electron chi connectivity index (χ0n) is 17.6. The van der Waals surface area contributed by atoms with Crippen LogP contribution in [0.15, 0.2) is 60.7 Å². The Hall–Kier alpha value is -2.66. The van der Waals surface area contributed by atoms with Crippen LogP contribution in [0, 0.1) is 40.9 Å². The SMILES string of the molecule is COC(=O)C1C2CC3C4C2C(C(c2ccccc2)C4(O)c2ccccc2)C31C(=O)OC. The Morgan fingerprint density at radius 2 is 1.58 bits per heavy atom. The van der Waals surface area contributed by atoms with Crippen LogP contribution in [-0.4, -0.2) is 31.3 Å². The van der Waals surface area contributed by atoms with E-state index in [-0.39, 0.29) is 47.4 Å². The van der Waals surface area contributed by atoms with Crippen molar-refractivity contribution < 1.29 is 24.2 Å². The molecule has 31 heavy (non-hydrogen) atoms. The third kappa shape index (κ3) is 1.93. The van der Waals surface area contributed by atoms with Crippen LogP contribution in [-0.2, 0) is 24.7 Å². The number of carbonyl (C=O) groups excluding carboxylic acids is 2. The highest BCUT2D eigenvalue weighted by Gasteiger charge is 2.90. The van der Waals surface area contributed by atoms with Gasteiger partial charge >= 0.3 is 11.9 Å². The lowest BCUT2D eigenvalue weighted by atomic mass is 9.54. The van der Waals surface area contributed by atoms with Crippen LogP contribution in [0.1, 0.15) is 23.5 Å². The maximum absolute atomic E-state index is 13.5. The van der Waals surface area contributed by atoms with Gasteiger partial charge < -0.3 is 14.6 Å². The van der Waals surface area contributed by atoms with Gasteiger partial charge in [-0.15, -0.1) is 0 Å². The zero-order valence-corrected chi connectivity index (χ0v) is 17.6. The molecule has 0 heterocycles. The van der Waals surface area contributed by atoms with Gasteiger partial charge in [0.2, 0.25) is 0 Å². The smallest absolute Gasteiger partial charge is 0.313 e. The van der Waals surface area contributed by atoms with E-state index in [1.165, 1.54) is 14.2 Å². The molecule has 2 aromatic rings. The molecule has 1 N–H and O–H groups in total. The maximum Gasteiger partial charge on any atom is 0.313 e. The van der Waals surface area contributed by atoms with E-state index in [1.54, 1.807) is 0 Å². The molecule has 5 saturated carbocycles. The van der Waals surface area contributed by atoms with E-state index in [4.69, 9.17) is 9.47 Å². The normalized spacial score (nSPS) is 43.4. The monoisotopic (exact) mass is 418 g/mol. The second kappa shape index (κ2) is 6.19. The fourth-order valence-electron chi connectivity index (χ4n) is 8.70. The Morgan fingerprint density at radius 1 is 0.935 bits per heavy atom. The average molecular weight is 418 g/mol. The van der Waals surface area contributed by atoms with Crippen LogP contribution in [0.2, 0.25) is 0 Å². The molecule has 5 fully saturated rings. The number of aliphatic hydroxyl groups is 1. The molecule has 7 rings (SSSR count). The van der Waals surface area contributed by atoms with E-state index < -0.39 is 16.9 Å². The fraction of sp³-hybridized carbons (Fsp3) is 0.462. The molecule has 5 nitrogen and oxygen atoms in total. The Morgan fingerprint density at radius 3 is 2.19 bits per heavy atom. The Kier molecular flexibility index (Phi) is 3.81. The molecule has 9 unspecified atom stereocenters. The lowest BCUT2D eigenvalue weighted by Gasteiger charge is -2.51. The topological polar surface area (TPSA) is 72.8 Å². The predicted octanol–water partition coefficient (Wildman–Crippen LogP) is 3.13. The number of esters is 2. The fourth-order valence-corrected chi connectivity index (χ4v) is 8.70. The van der Waals surface area contributed by atoms with Crippen molar-refractivity contribution >= 4 is 11.9 Å². The number of rotatable bonds is 4. The van der Waals surface area contributed by atoms with Gasteiger partial charge in [0.25, 0.3) is 0 Å². The largest absolute Gasteiger partial charge is 0.469 e. The lowest BCUT2D eigenvalue weighted by molar-refractivity contribution is -0.181. The van der Waals surface area contributed by atoms with Gasteiger partial charge in [0.1, 0.15) is 5.60 Å². The number of methoxy groups -OCH3 is 2. The third-order valence-corrected chi connectivity index (χ3v) is 9.12. The number of ether oxygens (including phenoxy) is 2. The summed E-state index contributed by atoms with van der Waals surface area (Å²) in [5.74, 6) is -1.64. The summed E-state index contributed by atoms with van der Waals surface area (Å²) in [6, 6.07) is 19.8. The van der Waals surface area contributed by atoms with Crippen molar-refractivity contribution in [2.75, 3.05) is 14.2 Å². The Labute approximate surface area is 181 Å². The summed E-state index contributed by atoms with van der Waals surface area (Å²) in [5.41, 5.74) is -0.120. The molecule has 6 bridgehead atoms. The van der Waals surface area contributed by atoms with E-state index >= 15 is 0 Å². The zero-order chi connectivity index (χ0) is 21.5. The van der Waals surface area contributed by atoms with E-state index in [0.717, 1.165) is 17.5 Å². The maximum atomic E-state index is 13.5. The summed E-state index contributed by atoms with van der Waals surface area (Å²) in [5, 5.41) is 12.5. The quantitative estimate of drug-likeness (QED) is 0.773. The third-order valence-electron chi connectivity index (χ3n) is 9.12. The van der Waals surface area contributed by atoms with Crippen LogP contribution in [0.25, 0.3) is 0 Å². The molecule has 160 valence electrons. The minimum Gasteiger partial charge on any atom is -0.469 e. The molecular weight excluding hydrogens is 392 g/mol. The minimum absolute atomic E-state index is 0.0375. The van der Waals surface area contributed by atoms with Crippen LogP contribution in [0.4, 0.5) is 0 Å². The van der Waals surface area contributed by atoms with Crippen molar-refractivity contribution in [2.45, 2.75) is 17.9 Å². The summed E-state index contributed by atoms with van der Waals surface area (Å²) in [4.78, 5) is 26.4. The van der Waals surface area contributed by atoms with Gasteiger partial charge in [0.15, 0.2) is 0 Å². The molecule has 5 aliphatic rings. The average Bonchev–Trinajstić information content (AvgIpc) is 3.56. The number of hydrogen-bond acceptors (Lipinski definition) is 5. The van der Waals surface area contributed by atoms with Gasteiger partial charge in [0, 0.05) is 5.92 Å². The molecule has 9 atom stereocenters. The van der Waals surface area contributed by atoms with Crippen LogP contribution in [0.5, 0.6) is 0 Å². The highest BCUT2D eigenvalue weighted by molar-refractivity contribution is 5.90. The molecule has 0 spiro atoms.